The molecule has 1 aromatic rings. The molecule has 18 heavy (non-hydrogen) atoms. The van der Waals surface area contributed by atoms with Crippen LogP contribution in [0.4, 0.5) is 0 Å². The van der Waals surface area contributed by atoms with Crippen LogP contribution in [0, 0.1) is 0 Å². The van der Waals surface area contributed by atoms with Gasteiger partial charge in [0, 0.05) is 19.6 Å². The normalized spacial score (nSPS) is 17.6. The van der Waals surface area contributed by atoms with Gasteiger partial charge < -0.3 is 9.67 Å². The van der Waals surface area contributed by atoms with Gasteiger partial charge in [-0.25, -0.2) is 4.98 Å². The van der Waals surface area contributed by atoms with E-state index in [-0.39, 0.29) is 6.61 Å². The van der Waals surface area contributed by atoms with E-state index < -0.39 is 0 Å². The molecule has 0 atom stereocenters. The molecule has 1 N–H and O–H groups in total. The Bertz CT molecular complexity index is 374. The van der Waals surface area contributed by atoms with Crippen LogP contribution in [0.1, 0.15) is 37.9 Å². The van der Waals surface area contributed by atoms with E-state index in [1.807, 2.05) is 11.6 Å². The Morgan fingerprint density at radius 2 is 2.17 bits per heavy atom. The average molecular weight is 272 g/mol. The highest BCUT2D eigenvalue weighted by atomic mass is 35.5. The molecule has 0 radical (unpaired) electrons. The lowest BCUT2D eigenvalue weighted by Crippen LogP contribution is -2.38. The molecule has 1 aliphatic rings. The second-order valence-electron chi connectivity index (χ2n) is 5.04. The summed E-state index contributed by atoms with van der Waals surface area (Å²) in [6.45, 7) is 1.69. The maximum atomic E-state index is 9.22. The topological polar surface area (TPSA) is 41.3 Å². The fourth-order valence-corrected chi connectivity index (χ4v) is 2.86. The highest BCUT2D eigenvalue weighted by Gasteiger charge is 2.22. The van der Waals surface area contributed by atoms with Gasteiger partial charge in [-0.3, -0.25) is 4.90 Å². The van der Waals surface area contributed by atoms with Gasteiger partial charge in [0.15, 0.2) is 0 Å². The molecule has 0 aliphatic heterocycles. The van der Waals surface area contributed by atoms with Crippen molar-refractivity contribution in [3.05, 3.63) is 17.2 Å². The second-order valence-corrected chi connectivity index (χ2v) is 5.43. The molecule has 0 spiro atoms. The van der Waals surface area contributed by atoms with Crippen LogP contribution in [-0.4, -0.2) is 38.8 Å². The zero-order valence-electron chi connectivity index (χ0n) is 11.0. The summed E-state index contributed by atoms with van der Waals surface area (Å²) in [5, 5.41) is 9.89. The monoisotopic (exact) mass is 271 g/mol. The summed E-state index contributed by atoms with van der Waals surface area (Å²) >= 11 is 6.01. The van der Waals surface area contributed by atoms with Crippen molar-refractivity contribution >= 4 is 11.6 Å². The number of hydrogen-bond donors (Lipinski definition) is 1. The molecule has 1 aromatic heterocycles. The van der Waals surface area contributed by atoms with Crippen LogP contribution in [-0.2, 0) is 13.6 Å². The van der Waals surface area contributed by atoms with Crippen molar-refractivity contribution in [2.45, 2.75) is 44.7 Å². The van der Waals surface area contributed by atoms with Gasteiger partial charge in [0.1, 0.15) is 11.0 Å². The molecule has 1 saturated carbocycles. The second kappa shape index (κ2) is 6.55. The van der Waals surface area contributed by atoms with Gasteiger partial charge in [-0.2, -0.15) is 0 Å². The molecule has 1 aliphatic carbocycles. The van der Waals surface area contributed by atoms with E-state index in [0.29, 0.717) is 11.2 Å². The molecule has 0 aromatic carbocycles. The van der Waals surface area contributed by atoms with Crippen molar-refractivity contribution in [2.24, 2.45) is 7.05 Å². The molecule has 0 unspecified atom stereocenters. The Balaban J connectivity index is 2.03. The third-order valence-corrected chi connectivity index (χ3v) is 4.20. The number of rotatable bonds is 5. The minimum atomic E-state index is 0.203. The number of hydrogen-bond acceptors (Lipinski definition) is 3. The lowest BCUT2D eigenvalue weighted by molar-refractivity contribution is 0.113. The summed E-state index contributed by atoms with van der Waals surface area (Å²) in [6.07, 6.45) is 8.10. The van der Waals surface area contributed by atoms with Crippen molar-refractivity contribution in [1.82, 2.24) is 14.5 Å². The molecule has 4 nitrogen and oxygen atoms in total. The van der Waals surface area contributed by atoms with Gasteiger partial charge in [0.25, 0.3) is 0 Å². The number of aliphatic hydroxyl groups is 1. The Morgan fingerprint density at radius 3 is 2.72 bits per heavy atom. The lowest BCUT2D eigenvalue weighted by atomic mass is 9.94. The van der Waals surface area contributed by atoms with E-state index in [4.69, 9.17) is 11.6 Å². The summed E-state index contributed by atoms with van der Waals surface area (Å²) in [6, 6.07) is 0.585. The van der Waals surface area contributed by atoms with Gasteiger partial charge in [0.05, 0.1) is 19.3 Å². The Morgan fingerprint density at radius 1 is 1.44 bits per heavy atom. The summed E-state index contributed by atoms with van der Waals surface area (Å²) in [5.74, 6) is 0.971. The molecule has 5 heteroatoms. The van der Waals surface area contributed by atoms with E-state index in [1.165, 1.54) is 32.1 Å². The molecule has 1 heterocycles. The minimum Gasteiger partial charge on any atom is -0.395 e. The van der Waals surface area contributed by atoms with Gasteiger partial charge >= 0.3 is 0 Å². The zero-order chi connectivity index (χ0) is 13.0. The first-order chi connectivity index (χ1) is 8.72. The average Bonchev–Trinajstić information content (AvgIpc) is 2.71. The molecule has 2 rings (SSSR count). The SMILES string of the molecule is Cn1c(Cl)cnc1CN(CCO)C1CCCCC1. The standard InChI is InChI=1S/C13H22ClN3O/c1-16-12(14)9-15-13(16)10-17(7-8-18)11-5-3-2-4-6-11/h9,11,18H,2-8,10H2,1H3. The molecule has 0 amide bonds. The quantitative estimate of drug-likeness (QED) is 0.893. The van der Waals surface area contributed by atoms with Crippen LogP contribution in [0.3, 0.4) is 0 Å². The summed E-state index contributed by atoms with van der Waals surface area (Å²) in [7, 11) is 1.93. The van der Waals surface area contributed by atoms with Crippen LogP contribution >= 0.6 is 11.6 Å². The van der Waals surface area contributed by atoms with E-state index >= 15 is 0 Å². The first kappa shape index (κ1) is 13.8. The lowest BCUT2D eigenvalue weighted by Gasteiger charge is -2.33. The van der Waals surface area contributed by atoms with Crippen LogP contribution in [0.5, 0.6) is 0 Å². The van der Waals surface area contributed by atoms with Crippen molar-refractivity contribution in [2.75, 3.05) is 13.2 Å². The highest BCUT2D eigenvalue weighted by Crippen LogP contribution is 2.24. The van der Waals surface area contributed by atoms with E-state index in [2.05, 4.69) is 9.88 Å². The highest BCUT2D eigenvalue weighted by molar-refractivity contribution is 6.29. The molecule has 0 saturated heterocycles. The first-order valence-corrected chi connectivity index (χ1v) is 7.11. The van der Waals surface area contributed by atoms with Gasteiger partial charge in [0.2, 0.25) is 0 Å². The third-order valence-electron chi connectivity index (χ3n) is 3.85. The molecule has 102 valence electrons. The van der Waals surface area contributed by atoms with Crippen LogP contribution in [0.15, 0.2) is 6.20 Å². The van der Waals surface area contributed by atoms with Crippen molar-refractivity contribution < 1.29 is 5.11 Å². The predicted molar refractivity (Wildman–Crippen MR) is 72.6 cm³/mol. The largest absolute Gasteiger partial charge is 0.395 e. The number of imidazole rings is 1. The van der Waals surface area contributed by atoms with E-state index in [0.717, 1.165) is 18.9 Å². The number of aromatic nitrogens is 2. The fourth-order valence-electron chi connectivity index (χ4n) is 2.72. The molecular formula is C13H22ClN3O. The molecule has 0 bridgehead atoms. The van der Waals surface area contributed by atoms with Gasteiger partial charge in [-0.1, -0.05) is 30.9 Å². The Kier molecular flexibility index (Phi) is 5.03. The maximum Gasteiger partial charge on any atom is 0.128 e. The smallest absolute Gasteiger partial charge is 0.128 e. The minimum absolute atomic E-state index is 0.203. The van der Waals surface area contributed by atoms with Crippen LogP contribution < -0.4 is 0 Å². The third kappa shape index (κ3) is 3.25. The molecule has 1 fully saturated rings. The van der Waals surface area contributed by atoms with Crippen molar-refractivity contribution in [3.8, 4) is 0 Å². The first-order valence-electron chi connectivity index (χ1n) is 6.73. The number of aliphatic hydroxyl groups excluding tert-OH is 1. The van der Waals surface area contributed by atoms with Gasteiger partial charge in [-0.05, 0) is 12.8 Å². The van der Waals surface area contributed by atoms with Crippen LogP contribution in [0.2, 0.25) is 5.15 Å². The summed E-state index contributed by atoms with van der Waals surface area (Å²) in [4.78, 5) is 6.68. The molecular weight excluding hydrogens is 250 g/mol. The predicted octanol–water partition coefficient (Wildman–Crippen LogP) is 2.20. The van der Waals surface area contributed by atoms with Crippen molar-refractivity contribution in [3.63, 3.8) is 0 Å². The maximum absolute atomic E-state index is 9.22. The van der Waals surface area contributed by atoms with E-state index in [1.54, 1.807) is 6.20 Å². The van der Waals surface area contributed by atoms with Gasteiger partial charge in [-0.15, -0.1) is 0 Å². The number of nitrogens with zero attached hydrogens (tertiary/aromatic N) is 3. The Labute approximate surface area is 114 Å². The summed E-state index contributed by atoms with van der Waals surface area (Å²) < 4.78 is 1.91. The zero-order valence-corrected chi connectivity index (χ0v) is 11.7. The fraction of sp³-hybridized carbons (Fsp3) is 0.769. The summed E-state index contributed by atoms with van der Waals surface area (Å²) in [5.41, 5.74) is 0. The van der Waals surface area contributed by atoms with Crippen molar-refractivity contribution in [1.29, 1.82) is 0 Å². The number of halogens is 1. The Hall–Kier alpha value is -0.580. The van der Waals surface area contributed by atoms with E-state index in [9.17, 15) is 5.11 Å². The van der Waals surface area contributed by atoms with Crippen LogP contribution in [0.25, 0.3) is 0 Å².